The van der Waals surface area contributed by atoms with Crippen molar-refractivity contribution in [3.05, 3.63) is 64.2 Å². The van der Waals surface area contributed by atoms with Gasteiger partial charge in [-0.2, -0.15) is 0 Å². The second-order valence-corrected chi connectivity index (χ2v) is 10.2. The third-order valence-electron chi connectivity index (χ3n) is 5.64. The molecule has 1 aliphatic rings. The number of rotatable bonds is 2. The number of hydrogen-bond acceptors (Lipinski definition) is 0. The molecule has 0 unspecified atom stereocenters. The molecule has 1 aliphatic carbocycles. The zero-order valence-corrected chi connectivity index (χ0v) is 17.8. The van der Waals surface area contributed by atoms with E-state index in [2.05, 4.69) is 97.9 Å². The van der Waals surface area contributed by atoms with E-state index in [0.29, 0.717) is 5.92 Å². The average molecular weight is 347 g/mol. The maximum atomic E-state index is 2.44. The zero-order chi connectivity index (χ0) is 19.3. The summed E-state index contributed by atoms with van der Waals surface area (Å²) >= 11 is 0. The molecule has 0 spiro atoms. The average Bonchev–Trinajstić information content (AvgIpc) is 2.97. The van der Waals surface area contributed by atoms with E-state index in [1.807, 2.05) is 0 Å². The minimum atomic E-state index is 0.146. The van der Waals surface area contributed by atoms with Crippen LogP contribution in [0.2, 0.25) is 0 Å². The molecular weight excluding hydrogens is 312 g/mol. The van der Waals surface area contributed by atoms with Crippen molar-refractivity contribution in [3.63, 3.8) is 0 Å². The third-order valence-corrected chi connectivity index (χ3v) is 5.64. The maximum absolute atomic E-state index is 2.44. The fraction of sp³-hybridized carbons (Fsp3) is 0.462. The lowest BCUT2D eigenvalue weighted by Gasteiger charge is -2.26. The van der Waals surface area contributed by atoms with Gasteiger partial charge in [0.05, 0.1) is 0 Å². The summed E-state index contributed by atoms with van der Waals surface area (Å²) in [6.45, 7) is 18.5. The van der Waals surface area contributed by atoms with E-state index in [9.17, 15) is 0 Å². The Kier molecular flexibility index (Phi) is 4.67. The SMILES string of the molecule is CC(C)C1=Cc2c(cccc2-c2cc(C(C)(C)C)cc(C(C)(C)C)c2)C1. The number of allylic oxidation sites excluding steroid dienone is 1. The lowest BCUT2D eigenvalue weighted by molar-refractivity contribution is 0.569. The van der Waals surface area contributed by atoms with Crippen LogP contribution in [-0.4, -0.2) is 0 Å². The lowest BCUT2D eigenvalue weighted by atomic mass is 9.78. The monoisotopic (exact) mass is 346 g/mol. The van der Waals surface area contributed by atoms with E-state index in [4.69, 9.17) is 0 Å². The molecule has 0 radical (unpaired) electrons. The highest BCUT2D eigenvalue weighted by Crippen LogP contribution is 2.39. The number of fused-ring (bicyclic) bond motifs is 1. The van der Waals surface area contributed by atoms with Crippen LogP contribution in [0.25, 0.3) is 17.2 Å². The first-order valence-electron chi connectivity index (χ1n) is 9.95. The first-order valence-corrected chi connectivity index (χ1v) is 9.95. The van der Waals surface area contributed by atoms with Crippen molar-refractivity contribution >= 4 is 6.08 Å². The van der Waals surface area contributed by atoms with Gasteiger partial charge in [0.2, 0.25) is 0 Å². The van der Waals surface area contributed by atoms with Crippen molar-refractivity contribution in [1.29, 1.82) is 0 Å². The van der Waals surface area contributed by atoms with Gasteiger partial charge in [0.15, 0.2) is 0 Å². The molecule has 0 heterocycles. The van der Waals surface area contributed by atoms with Crippen molar-refractivity contribution in [2.45, 2.75) is 72.6 Å². The molecule has 0 N–H and O–H groups in total. The first-order chi connectivity index (χ1) is 12.0. The number of benzene rings is 2. The summed E-state index contributed by atoms with van der Waals surface area (Å²) in [5.74, 6) is 0.612. The maximum Gasteiger partial charge on any atom is -0.00550 e. The summed E-state index contributed by atoms with van der Waals surface area (Å²) in [4.78, 5) is 0. The molecule has 0 heteroatoms. The van der Waals surface area contributed by atoms with E-state index in [1.54, 1.807) is 5.57 Å². The topological polar surface area (TPSA) is 0 Å². The highest BCUT2D eigenvalue weighted by Gasteiger charge is 2.23. The van der Waals surface area contributed by atoms with Crippen LogP contribution in [0.3, 0.4) is 0 Å². The van der Waals surface area contributed by atoms with E-state index < -0.39 is 0 Å². The van der Waals surface area contributed by atoms with Gasteiger partial charge >= 0.3 is 0 Å². The minimum Gasteiger partial charge on any atom is -0.0626 e. The molecule has 2 aromatic carbocycles. The van der Waals surface area contributed by atoms with Crippen molar-refractivity contribution in [2.24, 2.45) is 5.92 Å². The Balaban J connectivity index is 2.22. The molecule has 0 aromatic heterocycles. The molecule has 0 saturated heterocycles. The predicted octanol–water partition coefficient (Wildman–Crippen LogP) is 7.54. The van der Waals surface area contributed by atoms with Gasteiger partial charge in [-0.25, -0.2) is 0 Å². The normalized spacial score (nSPS) is 14.6. The van der Waals surface area contributed by atoms with Crippen molar-refractivity contribution in [3.8, 4) is 11.1 Å². The summed E-state index contributed by atoms with van der Waals surface area (Å²) in [6, 6.07) is 14.0. The summed E-state index contributed by atoms with van der Waals surface area (Å²) in [5.41, 5.74) is 10.3. The fourth-order valence-corrected chi connectivity index (χ4v) is 3.67. The standard InChI is InChI=1S/C26H34/c1-17(2)19-12-18-10-9-11-23(24(18)15-19)20-13-21(25(3,4)5)16-22(14-20)26(6,7)8/h9-11,13-17H,12H2,1-8H3. The van der Waals surface area contributed by atoms with Crippen LogP contribution in [0.5, 0.6) is 0 Å². The second kappa shape index (κ2) is 6.41. The molecule has 0 nitrogen and oxygen atoms in total. The summed E-state index contributed by atoms with van der Waals surface area (Å²) in [6.07, 6.45) is 3.54. The predicted molar refractivity (Wildman–Crippen MR) is 116 cm³/mol. The molecule has 3 rings (SSSR count). The smallest absolute Gasteiger partial charge is 0.00550 e. The van der Waals surface area contributed by atoms with Crippen LogP contribution < -0.4 is 0 Å². The van der Waals surface area contributed by atoms with Crippen molar-refractivity contribution in [1.82, 2.24) is 0 Å². The van der Waals surface area contributed by atoms with E-state index in [0.717, 1.165) is 6.42 Å². The molecule has 138 valence electrons. The Bertz CT molecular complexity index is 816. The molecule has 0 fully saturated rings. The van der Waals surface area contributed by atoms with E-state index in [-0.39, 0.29) is 10.8 Å². The summed E-state index contributed by atoms with van der Waals surface area (Å²) < 4.78 is 0. The van der Waals surface area contributed by atoms with E-state index >= 15 is 0 Å². The van der Waals surface area contributed by atoms with Gasteiger partial charge < -0.3 is 0 Å². The zero-order valence-electron chi connectivity index (χ0n) is 17.8. The van der Waals surface area contributed by atoms with Gasteiger partial charge in [0.1, 0.15) is 0 Å². The first kappa shape index (κ1) is 19.0. The van der Waals surface area contributed by atoms with Crippen molar-refractivity contribution in [2.75, 3.05) is 0 Å². The van der Waals surface area contributed by atoms with Crippen LogP contribution >= 0.6 is 0 Å². The van der Waals surface area contributed by atoms with Crippen LogP contribution in [-0.2, 0) is 17.3 Å². The molecule has 0 atom stereocenters. The van der Waals surface area contributed by atoms with Crippen molar-refractivity contribution < 1.29 is 0 Å². The van der Waals surface area contributed by atoms with Crippen LogP contribution in [0.4, 0.5) is 0 Å². The van der Waals surface area contributed by atoms with Gasteiger partial charge in [0.25, 0.3) is 0 Å². The lowest BCUT2D eigenvalue weighted by Crippen LogP contribution is -2.16. The highest BCUT2D eigenvalue weighted by atomic mass is 14.3. The Morgan fingerprint density at radius 1 is 0.808 bits per heavy atom. The Morgan fingerprint density at radius 3 is 1.88 bits per heavy atom. The Labute approximate surface area is 160 Å². The van der Waals surface area contributed by atoms with Gasteiger partial charge in [-0.1, -0.05) is 103 Å². The third kappa shape index (κ3) is 3.65. The van der Waals surface area contributed by atoms with Crippen LogP contribution in [0.1, 0.15) is 77.6 Å². The van der Waals surface area contributed by atoms with Gasteiger partial charge in [0, 0.05) is 0 Å². The molecule has 0 amide bonds. The molecule has 26 heavy (non-hydrogen) atoms. The van der Waals surface area contributed by atoms with Gasteiger partial charge in [-0.15, -0.1) is 0 Å². The largest absolute Gasteiger partial charge is 0.0626 e. The van der Waals surface area contributed by atoms with Crippen LogP contribution in [0, 0.1) is 5.92 Å². The quantitative estimate of drug-likeness (QED) is 0.526. The Hall–Kier alpha value is -1.82. The van der Waals surface area contributed by atoms with Gasteiger partial charge in [-0.3, -0.25) is 0 Å². The molecule has 0 aliphatic heterocycles. The minimum absolute atomic E-state index is 0.146. The van der Waals surface area contributed by atoms with E-state index in [1.165, 1.54) is 33.4 Å². The van der Waals surface area contributed by atoms with Gasteiger partial charge in [-0.05, 0) is 56.5 Å². The molecule has 0 saturated carbocycles. The van der Waals surface area contributed by atoms with Crippen LogP contribution in [0.15, 0.2) is 42.0 Å². The number of hydrogen-bond donors (Lipinski definition) is 0. The Morgan fingerprint density at radius 2 is 1.38 bits per heavy atom. The fourth-order valence-electron chi connectivity index (χ4n) is 3.67. The molecule has 0 bridgehead atoms. The summed E-state index contributed by atoms with van der Waals surface area (Å²) in [7, 11) is 0. The molecule has 2 aromatic rings. The summed E-state index contributed by atoms with van der Waals surface area (Å²) in [5, 5.41) is 0. The highest BCUT2D eigenvalue weighted by molar-refractivity contribution is 5.81. The second-order valence-electron chi connectivity index (χ2n) is 10.2. The molecular formula is C26H34.